The molecule has 0 aromatic heterocycles. The molecule has 4 nitrogen and oxygen atoms in total. The average molecular weight is 172 g/mol. The van der Waals surface area contributed by atoms with Crippen molar-refractivity contribution >= 4 is 5.91 Å². The van der Waals surface area contributed by atoms with Gasteiger partial charge in [-0.15, -0.1) is 6.58 Å². The third-order valence-electron chi connectivity index (χ3n) is 1.43. The topological polar surface area (TPSA) is 41.6 Å². The van der Waals surface area contributed by atoms with E-state index in [-0.39, 0.29) is 5.91 Å². The lowest BCUT2D eigenvalue weighted by molar-refractivity contribution is -0.168. The molecule has 70 valence electrons. The van der Waals surface area contributed by atoms with E-state index in [2.05, 4.69) is 11.9 Å². The summed E-state index contributed by atoms with van der Waals surface area (Å²) in [5.41, 5.74) is 0. The number of carbonyl (C=O) groups is 1. The van der Waals surface area contributed by atoms with E-state index < -0.39 is 0 Å². The van der Waals surface area contributed by atoms with Crippen LogP contribution in [0.2, 0.25) is 0 Å². The van der Waals surface area contributed by atoms with Gasteiger partial charge in [0.1, 0.15) is 0 Å². The molecule has 1 amide bonds. The van der Waals surface area contributed by atoms with Crippen LogP contribution in [0.5, 0.6) is 0 Å². The Morgan fingerprint density at radius 1 is 1.75 bits per heavy atom. The molecule has 0 heterocycles. The van der Waals surface area contributed by atoms with Crippen molar-refractivity contribution in [2.75, 3.05) is 27.2 Å². The number of hydrogen-bond acceptors (Lipinski definition) is 3. The first-order valence-electron chi connectivity index (χ1n) is 3.84. The standard InChI is InChI=1S/C8H16N2O2/c1-4-6-9-7-5-8(11)10(2)12-3/h4,9H,1,5-7H2,2-3H3. The van der Waals surface area contributed by atoms with Gasteiger partial charge in [0.25, 0.3) is 0 Å². The summed E-state index contributed by atoms with van der Waals surface area (Å²) in [6.45, 7) is 4.92. The first-order valence-corrected chi connectivity index (χ1v) is 3.84. The monoisotopic (exact) mass is 172 g/mol. The fraction of sp³-hybridized carbons (Fsp3) is 0.625. The van der Waals surface area contributed by atoms with Gasteiger partial charge < -0.3 is 5.32 Å². The number of nitrogens with one attached hydrogen (secondary N) is 1. The molecule has 12 heavy (non-hydrogen) atoms. The second-order valence-corrected chi connectivity index (χ2v) is 2.32. The zero-order valence-corrected chi connectivity index (χ0v) is 7.67. The van der Waals surface area contributed by atoms with Crippen LogP contribution in [0.25, 0.3) is 0 Å². The number of amides is 1. The maximum Gasteiger partial charge on any atom is 0.247 e. The summed E-state index contributed by atoms with van der Waals surface area (Å²) < 4.78 is 0. The predicted octanol–water partition coefficient (Wildman–Crippen LogP) is 0.172. The van der Waals surface area contributed by atoms with Crippen molar-refractivity contribution in [3.8, 4) is 0 Å². The maximum absolute atomic E-state index is 11.1. The molecular weight excluding hydrogens is 156 g/mol. The molecule has 0 aliphatic rings. The lowest BCUT2D eigenvalue weighted by Gasteiger charge is -2.13. The Kier molecular flexibility index (Phi) is 6.32. The molecule has 0 aromatic carbocycles. The van der Waals surface area contributed by atoms with E-state index >= 15 is 0 Å². The van der Waals surface area contributed by atoms with Crippen LogP contribution >= 0.6 is 0 Å². The number of hydrogen-bond donors (Lipinski definition) is 1. The molecule has 0 fully saturated rings. The van der Waals surface area contributed by atoms with Crippen LogP contribution in [0.15, 0.2) is 12.7 Å². The molecule has 0 unspecified atom stereocenters. The second kappa shape index (κ2) is 6.82. The molecule has 0 spiro atoms. The Morgan fingerprint density at radius 3 is 2.92 bits per heavy atom. The fourth-order valence-electron chi connectivity index (χ4n) is 0.659. The highest BCUT2D eigenvalue weighted by Crippen LogP contribution is 1.88. The first kappa shape index (κ1) is 11.1. The van der Waals surface area contributed by atoms with Gasteiger partial charge in [0, 0.05) is 26.6 Å². The van der Waals surface area contributed by atoms with Gasteiger partial charge in [0.2, 0.25) is 5.91 Å². The largest absolute Gasteiger partial charge is 0.313 e. The van der Waals surface area contributed by atoms with Crippen molar-refractivity contribution in [1.82, 2.24) is 10.4 Å². The molecule has 4 heteroatoms. The van der Waals surface area contributed by atoms with Crippen LogP contribution in [0.1, 0.15) is 6.42 Å². The highest BCUT2D eigenvalue weighted by atomic mass is 16.7. The Balaban J connectivity index is 3.37. The number of hydroxylamine groups is 2. The summed E-state index contributed by atoms with van der Waals surface area (Å²) in [5.74, 6) is -0.0333. The Hall–Kier alpha value is -0.870. The Bertz CT molecular complexity index is 148. The van der Waals surface area contributed by atoms with Gasteiger partial charge in [0.15, 0.2) is 0 Å². The third kappa shape index (κ3) is 4.87. The van der Waals surface area contributed by atoms with Crippen molar-refractivity contribution in [3.05, 3.63) is 12.7 Å². The van der Waals surface area contributed by atoms with Crippen LogP contribution in [-0.4, -0.2) is 38.2 Å². The summed E-state index contributed by atoms with van der Waals surface area (Å²) in [4.78, 5) is 15.8. The molecule has 0 saturated heterocycles. The van der Waals surface area contributed by atoms with Gasteiger partial charge in [-0.3, -0.25) is 9.63 Å². The quantitative estimate of drug-likeness (QED) is 0.353. The van der Waals surface area contributed by atoms with Crippen LogP contribution in [0, 0.1) is 0 Å². The zero-order chi connectivity index (χ0) is 9.40. The van der Waals surface area contributed by atoms with Crippen molar-refractivity contribution < 1.29 is 9.63 Å². The first-order chi connectivity index (χ1) is 5.72. The minimum absolute atomic E-state index is 0.0333. The molecule has 0 atom stereocenters. The van der Waals surface area contributed by atoms with Crippen LogP contribution < -0.4 is 5.32 Å². The Morgan fingerprint density at radius 2 is 2.42 bits per heavy atom. The highest BCUT2D eigenvalue weighted by molar-refractivity contribution is 5.74. The number of nitrogens with zero attached hydrogens (tertiary/aromatic N) is 1. The minimum Gasteiger partial charge on any atom is -0.313 e. The minimum atomic E-state index is -0.0333. The van der Waals surface area contributed by atoms with Gasteiger partial charge in [-0.25, -0.2) is 5.06 Å². The lowest BCUT2D eigenvalue weighted by Crippen LogP contribution is -2.29. The summed E-state index contributed by atoms with van der Waals surface area (Å²) >= 11 is 0. The lowest BCUT2D eigenvalue weighted by atomic mass is 10.4. The summed E-state index contributed by atoms with van der Waals surface area (Å²) in [6, 6.07) is 0. The molecule has 0 aliphatic carbocycles. The van der Waals surface area contributed by atoms with Gasteiger partial charge in [-0.1, -0.05) is 6.08 Å². The molecule has 0 radical (unpaired) electrons. The summed E-state index contributed by atoms with van der Waals surface area (Å²) in [7, 11) is 3.06. The second-order valence-electron chi connectivity index (χ2n) is 2.32. The van der Waals surface area contributed by atoms with E-state index in [1.807, 2.05) is 0 Å². The van der Waals surface area contributed by atoms with E-state index in [9.17, 15) is 4.79 Å². The third-order valence-corrected chi connectivity index (χ3v) is 1.43. The SMILES string of the molecule is C=CCNCCC(=O)N(C)OC. The molecular formula is C8H16N2O2. The Labute approximate surface area is 73.1 Å². The maximum atomic E-state index is 11.1. The van der Waals surface area contributed by atoms with Crippen molar-refractivity contribution in [3.63, 3.8) is 0 Å². The van der Waals surface area contributed by atoms with Crippen LogP contribution in [-0.2, 0) is 9.63 Å². The van der Waals surface area contributed by atoms with Crippen molar-refractivity contribution in [2.24, 2.45) is 0 Å². The van der Waals surface area contributed by atoms with Crippen LogP contribution in [0.3, 0.4) is 0 Å². The van der Waals surface area contributed by atoms with E-state index in [1.54, 1.807) is 13.1 Å². The van der Waals surface area contributed by atoms with Crippen LogP contribution in [0.4, 0.5) is 0 Å². The summed E-state index contributed by atoms with van der Waals surface area (Å²) in [5, 5.41) is 4.24. The van der Waals surface area contributed by atoms with Gasteiger partial charge >= 0.3 is 0 Å². The normalized spacial score (nSPS) is 9.50. The van der Waals surface area contributed by atoms with E-state index in [4.69, 9.17) is 4.84 Å². The molecule has 0 aromatic rings. The predicted molar refractivity (Wildman–Crippen MR) is 47.5 cm³/mol. The number of carbonyl (C=O) groups excluding carboxylic acids is 1. The van der Waals surface area contributed by atoms with Gasteiger partial charge in [0.05, 0.1) is 7.11 Å². The number of rotatable bonds is 6. The van der Waals surface area contributed by atoms with Gasteiger partial charge in [-0.2, -0.15) is 0 Å². The molecule has 1 N–H and O–H groups in total. The average Bonchev–Trinajstić information content (AvgIpc) is 2.10. The molecule has 0 aliphatic heterocycles. The highest BCUT2D eigenvalue weighted by Gasteiger charge is 2.05. The summed E-state index contributed by atoms with van der Waals surface area (Å²) in [6.07, 6.45) is 2.20. The van der Waals surface area contributed by atoms with E-state index in [1.165, 1.54) is 12.2 Å². The van der Waals surface area contributed by atoms with Crippen molar-refractivity contribution in [2.45, 2.75) is 6.42 Å². The fourth-order valence-corrected chi connectivity index (χ4v) is 0.659. The van der Waals surface area contributed by atoms with E-state index in [0.717, 1.165) is 6.54 Å². The smallest absolute Gasteiger partial charge is 0.247 e. The molecule has 0 saturated carbocycles. The molecule has 0 bridgehead atoms. The molecule has 0 rings (SSSR count). The van der Waals surface area contributed by atoms with Crippen molar-refractivity contribution in [1.29, 1.82) is 0 Å². The van der Waals surface area contributed by atoms with Gasteiger partial charge in [-0.05, 0) is 0 Å². The zero-order valence-electron chi connectivity index (χ0n) is 7.67. The van der Waals surface area contributed by atoms with E-state index in [0.29, 0.717) is 13.0 Å².